The first-order chi connectivity index (χ1) is 8.41. The average molecular weight is 312 g/mol. The molecule has 100 valence electrons. The lowest BCUT2D eigenvalue weighted by atomic mass is 10.2. The summed E-state index contributed by atoms with van der Waals surface area (Å²) in [5.41, 5.74) is 0.236. The highest BCUT2D eigenvalue weighted by atomic mass is 35.5. The predicted molar refractivity (Wildman–Crippen MR) is 70.4 cm³/mol. The zero-order valence-electron chi connectivity index (χ0n) is 9.78. The fourth-order valence-corrected chi connectivity index (χ4v) is 2.38. The van der Waals surface area contributed by atoms with E-state index in [1.807, 2.05) is 0 Å². The van der Waals surface area contributed by atoms with Crippen molar-refractivity contribution in [1.82, 2.24) is 5.32 Å². The number of amides is 1. The number of nitrogens with one attached hydrogen (secondary N) is 1. The molecule has 0 saturated carbocycles. The molecule has 0 bridgehead atoms. The summed E-state index contributed by atoms with van der Waals surface area (Å²) in [7, 11) is -0.798. The first-order valence-corrected chi connectivity index (χ1v) is 7.34. The molecule has 0 heterocycles. The van der Waals surface area contributed by atoms with Crippen LogP contribution in [0.4, 0.5) is 0 Å². The van der Waals surface area contributed by atoms with E-state index in [9.17, 15) is 9.36 Å². The van der Waals surface area contributed by atoms with Crippen molar-refractivity contribution in [2.24, 2.45) is 0 Å². The number of halogens is 2. The normalized spacial score (nSPS) is 11.3. The summed E-state index contributed by atoms with van der Waals surface area (Å²) in [5, 5.41) is 3.06. The van der Waals surface area contributed by atoms with Gasteiger partial charge in [-0.15, -0.1) is 0 Å². The van der Waals surface area contributed by atoms with Crippen molar-refractivity contribution in [3.05, 3.63) is 33.8 Å². The highest BCUT2D eigenvalue weighted by molar-refractivity contribution is 7.53. The van der Waals surface area contributed by atoms with Crippen LogP contribution in [0.1, 0.15) is 10.4 Å². The number of rotatable bonds is 5. The first-order valence-electron chi connectivity index (χ1n) is 4.85. The third-order valence-corrected chi connectivity index (χ3v) is 4.37. The molecule has 0 atom stereocenters. The van der Waals surface area contributed by atoms with Crippen molar-refractivity contribution >= 4 is 36.7 Å². The predicted octanol–water partition coefficient (Wildman–Crippen LogP) is 3.17. The van der Waals surface area contributed by atoms with Gasteiger partial charge in [0, 0.05) is 19.2 Å². The van der Waals surface area contributed by atoms with Crippen LogP contribution in [0.25, 0.3) is 0 Å². The van der Waals surface area contributed by atoms with Crippen LogP contribution in [0.15, 0.2) is 18.2 Å². The SMILES string of the molecule is COP(=O)(CNC(=O)c1ccc(Cl)cc1Cl)OC. The van der Waals surface area contributed by atoms with Crippen molar-refractivity contribution in [2.75, 3.05) is 20.5 Å². The zero-order valence-corrected chi connectivity index (χ0v) is 12.2. The van der Waals surface area contributed by atoms with Gasteiger partial charge in [-0.2, -0.15) is 0 Å². The average Bonchev–Trinajstić information content (AvgIpc) is 2.35. The highest BCUT2D eigenvalue weighted by Gasteiger charge is 2.22. The molecular formula is C10H12Cl2NO4P. The maximum absolute atomic E-state index is 11.8. The molecule has 0 aliphatic rings. The number of hydrogen-bond acceptors (Lipinski definition) is 4. The van der Waals surface area contributed by atoms with E-state index in [1.54, 1.807) is 0 Å². The number of carbonyl (C=O) groups is 1. The van der Waals surface area contributed by atoms with Gasteiger partial charge in [0.25, 0.3) is 5.91 Å². The number of benzene rings is 1. The Labute approximate surface area is 115 Å². The molecule has 8 heteroatoms. The van der Waals surface area contributed by atoms with Gasteiger partial charge in [-0.3, -0.25) is 9.36 Å². The van der Waals surface area contributed by atoms with Gasteiger partial charge in [0.2, 0.25) is 0 Å². The van der Waals surface area contributed by atoms with Crippen molar-refractivity contribution in [1.29, 1.82) is 0 Å². The maximum atomic E-state index is 11.8. The molecule has 0 aliphatic heterocycles. The number of carbonyl (C=O) groups excluding carboxylic acids is 1. The van der Waals surface area contributed by atoms with Crippen molar-refractivity contribution in [3.63, 3.8) is 0 Å². The smallest absolute Gasteiger partial charge is 0.340 e. The topological polar surface area (TPSA) is 64.6 Å². The second-order valence-electron chi connectivity index (χ2n) is 3.26. The Hall–Kier alpha value is -0.580. The van der Waals surface area contributed by atoms with Crippen LogP contribution < -0.4 is 5.32 Å². The number of hydrogen-bond donors (Lipinski definition) is 1. The van der Waals surface area contributed by atoms with Gasteiger partial charge in [0.05, 0.1) is 10.6 Å². The van der Waals surface area contributed by atoms with Crippen molar-refractivity contribution in [3.8, 4) is 0 Å². The lowest BCUT2D eigenvalue weighted by molar-refractivity contribution is 0.0956. The minimum Gasteiger partial charge on any atom is -0.340 e. The highest BCUT2D eigenvalue weighted by Crippen LogP contribution is 2.44. The largest absolute Gasteiger partial charge is 0.349 e. The lowest BCUT2D eigenvalue weighted by Gasteiger charge is -2.14. The van der Waals surface area contributed by atoms with Gasteiger partial charge in [-0.1, -0.05) is 23.2 Å². The molecule has 0 radical (unpaired) electrons. The third kappa shape index (κ3) is 3.97. The second kappa shape index (κ2) is 6.55. The van der Waals surface area contributed by atoms with E-state index < -0.39 is 13.5 Å². The van der Waals surface area contributed by atoms with E-state index in [2.05, 4.69) is 14.4 Å². The molecule has 0 unspecified atom stereocenters. The standard InChI is InChI=1S/C10H12Cl2NO4P/c1-16-18(15,17-2)6-13-10(14)8-4-3-7(11)5-9(8)12/h3-5H,6H2,1-2H3,(H,13,14). The monoisotopic (exact) mass is 311 g/mol. The summed E-state index contributed by atoms with van der Waals surface area (Å²) < 4.78 is 21.1. The summed E-state index contributed by atoms with van der Waals surface area (Å²) in [6.45, 7) is 0. The van der Waals surface area contributed by atoms with Crippen molar-refractivity contribution in [2.45, 2.75) is 0 Å². The molecule has 0 spiro atoms. The van der Waals surface area contributed by atoms with E-state index in [1.165, 1.54) is 32.4 Å². The summed E-state index contributed by atoms with van der Waals surface area (Å²) in [6.07, 6.45) is -0.238. The Morgan fingerprint density at radius 3 is 2.44 bits per heavy atom. The summed E-state index contributed by atoms with van der Waals surface area (Å²) in [6, 6.07) is 4.46. The molecule has 0 fully saturated rings. The van der Waals surface area contributed by atoms with Crippen molar-refractivity contribution < 1.29 is 18.4 Å². The molecule has 0 aromatic heterocycles. The molecule has 0 saturated heterocycles. The lowest BCUT2D eigenvalue weighted by Crippen LogP contribution is -2.25. The van der Waals surface area contributed by atoms with E-state index in [0.29, 0.717) is 5.02 Å². The van der Waals surface area contributed by atoms with Gasteiger partial charge in [0.15, 0.2) is 0 Å². The third-order valence-electron chi connectivity index (χ3n) is 2.17. The van der Waals surface area contributed by atoms with Gasteiger partial charge in [-0.25, -0.2) is 0 Å². The fraction of sp³-hybridized carbons (Fsp3) is 0.300. The Kier molecular flexibility index (Phi) is 5.63. The summed E-state index contributed by atoms with van der Waals surface area (Å²) >= 11 is 11.6. The van der Waals surface area contributed by atoms with E-state index in [-0.39, 0.29) is 16.9 Å². The minimum atomic E-state index is -3.28. The van der Waals surface area contributed by atoms with Gasteiger partial charge >= 0.3 is 7.60 Å². The van der Waals surface area contributed by atoms with Crippen LogP contribution in [0.2, 0.25) is 10.0 Å². The van der Waals surface area contributed by atoms with E-state index in [4.69, 9.17) is 23.2 Å². The minimum absolute atomic E-state index is 0.213. The Balaban J connectivity index is 2.75. The van der Waals surface area contributed by atoms with E-state index in [0.717, 1.165) is 0 Å². The van der Waals surface area contributed by atoms with Crippen LogP contribution in [-0.2, 0) is 13.6 Å². The Morgan fingerprint density at radius 2 is 1.94 bits per heavy atom. The molecular weight excluding hydrogens is 300 g/mol. The van der Waals surface area contributed by atoms with Gasteiger partial charge in [-0.05, 0) is 18.2 Å². The van der Waals surface area contributed by atoms with Crippen LogP contribution in [-0.4, -0.2) is 26.4 Å². The fourth-order valence-electron chi connectivity index (χ4n) is 1.14. The van der Waals surface area contributed by atoms with Gasteiger partial charge < -0.3 is 14.4 Å². The molecule has 1 aromatic rings. The van der Waals surface area contributed by atoms with E-state index >= 15 is 0 Å². The molecule has 1 rings (SSSR count). The van der Waals surface area contributed by atoms with Crippen LogP contribution >= 0.6 is 30.8 Å². The van der Waals surface area contributed by atoms with Crippen LogP contribution in [0.5, 0.6) is 0 Å². The quantitative estimate of drug-likeness (QED) is 0.848. The Morgan fingerprint density at radius 1 is 1.33 bits per heavy atom. The molecule has 0 aliphatic carbocycles. The van der Waals surface area contributed by atoms with Gasteiger partial charge in [0.1, 0.15) is 6.29 Å². The molecule has 1 aromatic carbocycles. The Bertz CT molecular complexity index is 487. The second-order valence-corrected chi connectivity index (χ2v) is 6.38. The van der Waals surface area contributed by atoms with Crippen LogP contribution in [0, 0.1) is 0 Å². The molecule has 18 heavy (non-hydrogen) atoms. The molecule has 1 N–H and O–H groups in total. The zero-order chi connectivity index (χ0) is 13.8. The van der Waals surface area contributed by atoms with Crippen LogP contribution in [0.3, 0.4) is 0 Å². The summed E-state index contributed by atoms with van der Waals surface area (Å²) in [4.78, 5) is 11.8. The maximum Gasteiger partial charge on any atom is 0.349 e. The molecule has 5 nitrogen and oxygen atoms in total. The summed E-state index contributed by atoms with van der Waals surface area (Å²) in [5.74, 6) is -0.481. The first kappa shape index (κ1) is 15.5. The molecule has 1 amide bonds.